The van der Waals surface area contributed by atoms with Gasteiger partial charge in [-0.25, -0.2) is 13.6 Å². The van der Waals surface area contributed by atoms with E-state index in [9.17, 15) is 26.7 Å². The minimum atomic E-state index is -4.72. The van der Waals surface area contributed by atoms with Gasteiger partial charge < -0.3 is 10.5 Å². The maximum absolute atomic E-state index is 13.6. The molecule has 0 saturated carbocycles. The van der Waals surface area contributed by atoms with Crippen LogP contribution in [0.2, 0.25) is 0 Å². The molecule has 0 heterocycles. The van der Waals surface area contributed by atoms with E-state index in [1.165, 1.54) is 6.92 Å². The third-order valence-electron chi connectivity index (χ3n) is 2.51. The summed E-state index contributed by atoms with van der Waals surface area (Å²) >= 11 is 0. The molecule has 0 aliphatic carbocycles. The Hall–Kier alpha value is -1.41. The van der Waals surface area contributed by atoms with Gasteiger partial charge in [-0.3, -0.25) is 0 Å². The summed E-state index contributed by atoms with van der Waals surface area (Å²) in [6, 6.07) is -0.269. The molecule has 2 N–H and O–H groups in total. The van der Waals surface area contributed by atoms with E-state index in [1.807, 2.05) is 0 Å². The monoisotopic (exact) mass is 333 g/mol. The molecule has 1 unspecified atom stereocenters. The van der Waals surface area contributed by atoms with Gasteiger partial charge in [0.05, 0.1) is 18.2 Å². The van der Waals surface area contributed by atoms with Gasteiger partial charge in [-0.15, -0.1) is 12.4 Å². The molecule has 0 fully saturated rings. The molecule has 0 aromatic heterocycles. The number of rotatable bonds is 4. The molecule has 21 heavy (non-hydrogen) atoms. The molecule has 1 aromatic carbocycles. The fraction of sp³-hybridized carbons (Fsp3) is 0.417. The summed E-state index contributed by atoms with van der Waals surface area (Å²) in [5.41, 5.74) is 3.58. The zero-order valence-electron chi connectivity index (χ0n) is 10.8. The molecule has 0 spiro atoms. The number of ether oxygens (including phenoxy) is 1. The van der Waals surface area contributed by atoms with E-state index >= 15 is 0 Å². The summed E-state index contributed by atoms with van der Waals surface area (Å²) in [5.74, 6) is -2.63. The Bertz CT molecular complexity index is 495. The Balaban J connectivity index is 0.00000400. The number of halogens is 6. The van der Waals surface area contributed by atoms with Crippen molar-refractivity contribution in [2.24, 2.45) is 5.73 Å². The van der Waals surface area contributed by atoms with Crippen LogP contribution in [0.3, 0.4) is 0 Å². The summed E-state index contributed by atoms with van der Waals surface area (Å²) in [6.07, 6.45) is -7.08. The van der Waals surface area contributed by atoms with E-state index in [-0.39, 0.29) is 25.1 Å². The van der Waals surface area contributed by atoms with Crippen molar-refractivity contribution < 1.29 is 31.5 Å². The van der Waals surface area contributed by atoms with Crippen LogP contribution in [0.4, 0.5) is 22.0 Å². The lowest BCUT2D eigenvalue weighted by atomic mass is 10.0. The summed E-state index contributed by atoms with van der Waals surface area (Å²) in [4.78, 5) is 11.1. The summed E-state index contributed by atoms with van der Waals surface area (Å²) in [7, 11) is 0. The number of carbonyl (C=O) groups is 1. The number of alkyl halides is 4. The van der Waals surface area contributed by atoms with Gasteiger partial charge in [0.2, 0.25) is 6.17 Å². The van der Waals surface area contributed by atoms with Gasteiger partial charge in [0.15, 0.2) is 0 Å². The van der Waals surface area contributed by atoms with Gasteiger partial charge in [-0.2, -0.15) is 13.2 Å². The fourth-order valence-corrected chi connectivity index (χ4v) is 1.50. The van der Waals surface area contributed by atoms with Crippen LogP contribution in [0.25, 0.3) is 0 Å². The molecular formula is C12H13ClF5NO2. The second-order valence-electron chi connectivity index (χ2n) is 3.91. The van der Waals surface area contributed by atoms with Gasteiger partial charge in [0, 0.05) is 5.56 Å². The Labute approximate surface area is 123 Å². The SMILES string of the molecule is CCOC(=O)C(F)[C@H](N)c1ccc(C(F)(F)F)cc1F.Cl. The van der Waals surface area contributed by atoms with Crippen LogP contribution in [0, 0.1) is 5.82 Å². The second-order valence-corrected chi connectivity index (χ2v) is 3.91. The molecule has 1 rings (SSSR count). The lowest BCUT2D eigenvalue weighted by Gasteiger charge is -2.17. The Kier molecular flexibility index (Phi) is 7.05. The van der Waals surface area contributed by atoms with Crippen molar-refractivity contribution in [1.82, 2.24) is 0 Å². The maximum Gasteiger partial charge on any atom is 0.416 e. The van der Waals surface area contributed by atoms with Crippen molar-refractivity contribution in [2.75, 3.05) is 6.61 Å². The second kappa shape index (κ2) is 7.56. The van der Waals surface area contributed by atoms with Gasteiger partial charge in [0.1, 0.15) is 5.82 Å². The maximum atomic E-state index is 13.6. The van der Waals surface area contributed by atoms with E-state index < -0.39 is 41.3 Å². The molecule has 0 aliphatic heterocycles. The molecule has 2 atom stereocenters. The summed E-state index contributed by atoms with van der Waals surface area (Å²) in [5, 5.41) is 0. The van der Waals surface area contributed by atoms with E-state index in [0.717, 1.165) is 0 Å². The Morgan fingerprint density at radius 3 is 2.38 bits per heavy atom. The predicted octanol–water partition coefficient (Wildman–Crippen LogP) is 3.17. The molecule has 0 aliphatic rings. The first-order chi connectivity index (χ1) is 9.18. The molecule has 120 valence electrons. The van der Waals surface area contributed by atoms with Crippen molar-refractivity contribution in [1.29, 1.82) is 0 Å². The largest absolute Gasteiger partial charge is 0.464 e. The quantitative estimate of drug-likeness (QED) is 0.680. The average molecular weight is 334 g/mol. The number of carbonyl (C=O) groups excluding carboxylic acids is 1. The van der Waals surface area contributed by atoms with Crippen LogP contribution in [0.1, 0.15) is 24.1 Å². The predicted molar refractivity (Wildman–Crippen MR) is 67.1 cm³/mol. The van der Waals surface area contributed by atoms with Crippen LogP contribution in [-0.4, -0.2) is 18.7 Å². The van der Waals surface area contributed by atoms with E-state index in [0.29, 0.717) is 12.1 Å². The van der Waals surface area contributed by atoms with Crippen LogP contribution in [-0.2, 0) is 15.7 Å². The Morgan fingerprint density at radius 1 is 1.38 bits per heavy atom. The van der Waals surface area contributed by atoms with Gasteiger partial charge in [0.25, 0.3) is 0 Å². The molecule has 0 saturated heterocycles. The molecule has 0 bridgehead atoms. The topological polar surface area (TPSA) is 52.3 Å². The number of benzene rings is 1. The molecule has 3 nitrogen and oxygen atoms in total. The van der Waals surface area contributed by atoms with Gasteiger partial charge >= 0.3 is 12.1 Å². The lowest BCUT2D eigenvalue weighted by Crippen LogP contribution is -2.32. The minimum absolute atomic E-state index is 0. The fourth-order valence-electron chi connectivity index (χ4n) is 1.50. The highest BCUT2D eigenvalue weighted by atomic mass is 35.5. The number of nitrogens with two attached hydrogens (primary N) is 1. The van der Waals surface area contributed by atoms with Crippen molar-refractivity contribution in [3.8, 4) is 0 Å². The van der Waals surface area contributed by atoms with Crippen molar-refractivity contribution in [2.45, 2.75) is 25.3 Å². The Morgan fingerprint density at radius 2 is 1.95 bits per heavy atom. The zero-order chi connectivity index (χ0) is 15.5. The van der Waals surface area contributed by atoms with Crippen LogP contribution >= 0.6 is 12.4 Å². The van der Waals surface area contributed by atoms with Crippen molar-refractivity contribution in [3.05, 3.63) is 35.1 Å². The third-order valence-corrected chi connectivity index (χ3v) is 2.51. The summed E-state index contributed by atoms with van der Waals surface area (Å²) in [6.45, 7) is 1.34. The lowest BCUT2D eigenvalue weighted by molar-refractivity contribution is -0.150. The van der Waals surface area contributed by atoms with Crippen LogP contribution in [0.5, 0.6) is 0 Å². The molecule has 1 aromatic rings. The highest BCUT2D eigenvalue weighted by Crippen LogP contribution is 2.31. The number of esters is 1. The van der Waals surface area contributed by atoms with Crippen molar-refractivity contribution >= 4 is 18.4 Å². The molecule has 0 amide bonds. The number of hydrogen-bond donors (Lipinski definition) is 1. The van der Waals surface area contributed by atoms with Crippen molar-refractivity contribution in [3.63, 3.8) is 0 Å². The third kappa shape index (κ3) is 4.82. The standard InChI is InChI=1S/C12H12F5NO2.ClH/c1-2-20-11(19)9(14)10(18)7-4-3-6(5-8(7)13)12(15,16)17;/h3-5,9-10H,2,18H2,1H3;1H/t9?,10-;/m1./s1. The number of hydrogen-bond acceptors (Lipinski definition) is 3. The smallest absolute Gasteiger partial charge is 0.416 e. The average Bonchev–Trinajstić information content (AvgIpc) is 2.36. The molecule has 0 radical (unpaired) electrons. The highest BCUT2D eigenvalue weighted by Gasteiger charge is 2.34. The molecular weight excluding hydrogens is 321 g/mol. The van der Waals surface area contributed by atoms with Gasteiger partial charge in [-0.05, 0) is 19.1 Å². The van der Waals surface area contributed by atoms with E-state index in [4.69, 9.17) is 5.73 Å². The molecule has 9 heteroatoms. The zero-order valence-corrected chi connectivity index (χ0v) is 11.6. The normalized spacial score (nSPS) is 14.0. The minimum Gasteiger partial charge on any atom is -0.464 e. The first kappa shape index (κ1) is 19.6. The highest BCUT2D eigenvalue weighted by molar-refractivity contribution is 5.85. The van der Waals surface area contributed by atoms with Crippen LogP contribution in [0.15, 0.2) is 18.2 Å². The summed E-state index contributed by atoms with van der Waals surface area (Å²) < 4.78 is 68.5. The first-order valence-corrected chi connectivity index (χ1v) is 5.61. The van der Waals surface area contributed by atoms with Gasteiger partial charge in [-0.1, -0.05) is 6.07 Å². The first-order valence-electron chi connectivity index (χ1n) is 5.61. The van der Waals surface area contributed by atoms with E-state index in [2.05, 4.69) is 4.74 Å². The van der Waals surface area contributed by atoms with Crippen LogP contribution < -0.4 is 5.73 Å². The van der Waals surface area contributed by atoms with E-state index in [1.54, 1.807) is 0 Å².